The molecule has 1 aliphatic rings. The van der Waals surface area contributed by atoms with Crippen LogP contribution in [-0.2, 0) is 0 Å². The van der Waals surface area contributed by atoms with Gasteiger partial charge in [0.2, 0.25) is 0 Å². The summed E-state index contributed by atoms with van der Waals surface area (Å²) in [6.45, 7) is 8.92. The highest BCUT2D eigenvalue weighted by molar-refractivity contribution is 5.29. The molecule has 0 fully saturated rings. The minimum absolute atomic E-state index is 0.641. The van der Waals surface area contributed by atoms with Crippen LogP contribution >= 0.6 is 0 Å². The Morgan fingerprint density at radius 2 is 2.23 bits per heavy atom. The van der Waals surface area contributed by atoms with Crippen LogP contribution in [0.2, 0.25) is 0 Å². The number of nitrogens with one attached hydrogen (secondary N) is 1. The van der Waals surface area contributed by atoms with E-state index in [0.717, 1.165) is 19.0 Å². The average molecular weight is 179 g/mol. The topological polar surface area (TPSA) is 12.0 Å². The van der Waals surface area contributed by atoms with Crippen LogP contribution in [-0.4, -0.2) is 13.1 Å². The molecule has 1 atom stereocenters. The number of rotatable bonds is 5. The van der Waals surface area contributed by atoms with Crippen molar-refractivity contribution in [2.75, 3.05) is 13.1 Å². The predicted molar refractivity (Wildman–Crippen MR) is 58.7 cm³/mol. The van der Waals surface area contributed by atoms with Gasteiger partial charge < -0.3 is 5.32 Å². The molecule has 1 rings (SSSR count). The lowest BCUT2D eigenvalue weighted by Gasteiger charge is -2.06. The summed E-state index contributed by atoms with van der Waals surface area (Å²) in [6.07, 6.45) is 8.07. The van der Waals surface area contributed by atoms with E-state index in [0.29, 0.717) is 5.92 Å². The van der Waals surface area contributed by atoms with Crippen LogP contribution in [0.3, 0.4) is 0 Å². The summed E-state index contributed by atoms with van der Waals surface area (Å²) < 4.78 is 0. The van der Waals surface area contributed by atoms with Crippen LogP contribution in [0.1, 0.15) is 27.2 Å². The molecule has 1 N–H and O–H groups in total. The quantitative estimate of drug-likeness (QED) is 0.640. The lowest BCUT2D eigenvalue weighted by atomic mass is 10.1. The van der Waals surface area contributed by atoms with Gasteiger partial charge in [0.1, 0.15) is 0 Å². The summed E-state index contributed by atoms with van der Waals surface area (Å²) in [6, 6.07) is 0. The van der Waals surface area contributed by atoms with Crippen molar-refractivity contribution in [3.05, 3.63) is 23.8 Å². The molecule has 13 heavy (non-hydrogen) atoms. The van der Waals surface area contributed by atoms with Gasteiger partial charge in [-0.2, -0.15) is 0 Å². The fourth-order valence-corrected chi connectivity index (χ4v) is 1.47. The Morgan fingerprint density at radius 1 is 1.46 bits per heavy atom. The smallest absolute Gasteiger partial charge is 0.0202 e. The van der Waals surface area contributed by atoms with Crippen molar-refractivity contribution in [3.8, 4) is 0 Å². The zero-order chi connectivity index (χ0) is 9.68. The highest BCUT2D eigenvalue weighted by Crippen LogP contribution is 2.13. The molecule has 0 saturated heterocycles. The van der Waals surface area contributed by atoms with Gasteiger partial charge in [-0.1, -0.05) is 39.0 Å². The van der Waals surface area contributed by atoms with Crippen molar-refractivity contribution in [1.82, 2.24) is 5.32 Å². The van der Waals surface area contributed by atoms with Gasteiger partial charge in [-0.3, -0.25) is 0 Å². The largest absolute Gasteiger partial charge is 0.313 e. The van der Waals surface area contributed by atoms with Gasteiger partial charge in [-0.15, -0.1) is 0 Å². The summed E-state index contributed by atoms with van der Waals surface area (Å²) in [7, 11) is 0. The van der Waals surface area contributed by atoms with Crippen LogP contribution < -0.4 is 5.32 Å². The first kappa shape index (κ1) is 10.5. The lowest BCUT2D eigenvalue weighted by Crippen LogP contribution is -2.18. The van der Waals surface area contributed by atoms with E-state index in [1.54, 1.807) is 0 Å². The van der Waals surface area contributed by atoms with E-state index in [4.69, 9.17) is 0 Å². The summed E-state index contributed by atoms with van der Waals surface area (Å²) in [5.41, 5.74) is 1.44. The number of allylic oxidation sites excluding steroid dienone is 2. The zero-order valence-corrected chi connectivity index (χ0v) is 9.01. The fraction of sp³-hybridized carbons (Fsp3) is 0.667. The van der Waals surface area contributed by atoms with E-state index in [9.17, 15) is 0 Å². The molecule has 0 aromatic carbocycles. The van der Waals surface area contributed by atoms with E-state index >= 15 is 0 Å². The summed E-state index contributed by atoms with van der Waals surface area (Å²) in [5, 5.41) is 3.46. The molecular formula is C12H21N. The van der Waals surface area contributed by atoms with Crippen molar-refractivity contribution >= 4 is 0 Å². The van der Waals surface area contributed by atoms with Gasteiger partial charge in [0.25, 0.3) is 0 Å². The maximum atomic E-state index is 3.46. The second-order valence-electron chi connectivity index (χ2n) is 4.32. The Hall–Kier alpha value is -0.560. The van der Waals surface area contributed by atoms with Gasteiger partial charge in [-0.05, 0) is 30.4 Å². The van der Waals surface area contributed by atoms with Gasteiger partial charge in [-0.25, -0.2) is 0 Å². The van der Waals surface area contributed by atoms with E-state index in [1.165, 1.54) is 12.0 Å². The number of hydrogen-bond donors (Lipinski definition) is 1. The highest BCUT2D eigenvalue weighted by Gasteiger charge is 2.03. The first-order valence-corrected chi connectivity index (χ1v) is 5.28. The first-order valence-electron chi connectivity index (χ1n) is 5.28. The molecule has 0 aromatic heterocycles. The Labute approximate surface area is 81.9 Å². The third-order valence-corrected chi connectivity index (χ3v) is 2.32. The second kappa shape index (κ2) is 5.23. The monoisotopic (exact) mass is 179 g/mol. The van der Waals surface area contributed by atoms with Gasteiger partial charge in [0, 0.05) is 6.54 Å². The third-order valence-electron chi connectivity index (χ3n) is 2.32. The zero-order valence-electron chi connectivity index (χ0n) is 9.01. The van der Waals surface area contributed by atoms with Crippen LogP contribution in [0.5, 0.6) is 0 Å². The molecule has 1 nitrogen and oxygen atoms in total. The molecule has 0 aromatic rings. The molecule has 1 heteroatoms. The summed E-state index contributed by atoms with van der Waals surface area (Å²) >= 11 is 0. The minimum Gasteiger partial charge on any atom is -0.313 e. The molecule has 0 radical (unpaired) electrons. The van der Waals surface area contributed by atoms with Crippen LogP contribution in [0, 0.1) is 11.8 Å². The minimum atomic E-state index is 0.641. The maximum Gasteiger partial charge on any atom is 0.0202 e. The van der Waals surface area contributed by atoms with Crippen LogP contribution in [0.25, 0.3) is 0 Å². The normalized spacial score (nSPS) is 21.2. The van der Waals surface area contributed by atoms with E-state index in [1.807, 2.05) is 0 Å². The second-order valence-corrected chi connectivity index (χ2v) is 4.32. The van der Waals surface area contributed by atoms with Crippen molar-refractivity contribution < 1.29 is 0 Å². The molecule has 0 aliphatic heterocycles. The fourth-order valence-electron chi connectivity index (χ4n) is 1.47. The van der Waals surface area contributed by atoms with Gasteiger partial charge in [0.05, 0.1) is 0 Å². The van der Waals surface area contributed by atoms with Crippen molar-refractivity contribution in [2.45, 2.75) is 27.2 Å². The standard InChI is InChI=1S/C12H21N/c1-10(2)6-7-13-9-12-5-4-11(3)8-12/h4-5,8,10-11,13H,6-7,9H2,1-3H3. The Morgan fingerprint density at radius 3 is 2.77 bits per heavy atom. The molecule has 0 amide bonds. The van der Waals surface area contributed by atoms with Crippen molar-refractivity contribution in [1.29, 1.82) is 0 Å². The molecule has 1 aliphatic carbocycles. The van der Waals surface area contributed by atoms with Crippen LogP contribution in [0.4, 0.5) is 0 Å². The lowest BCUT2D eigenvalue weighted by molar-refractivity contribution is 0.550. The molecular weight excluding hydrogens is 158 g/mol. The Balaban J connectivity index is 2.07. The molecule has 0 saturated carbocycles. The van der Waals surface area contributed by atoms with E-state index in [2.05, 4.69) is 44.3 Å². The summed E-state index contributed by atoms with van der Waals surface area (Å²) in [5.74, 6) is 1.45. The molecule has 0 bridgehead atoms. The molecule has 74 valence electrons. The number of hydrogen-bond acceptors (Lipinski definition) is 1. The SMILES string of the molecule is CC1C=CC(CNCCC(C)C)=C1. The first-order chi connectivity index (χ1) is 6.18. The van der Waals surface area contributed by atoms with Crippen molar-refractivity contribution in [3.63, 3.8) is 0 Å². The molecule has 1 unspecified atom stereocenters. The van der Waals surface area contributed by atoms with Gasteiger partial charge in [0.15, 0.2) is 0 Å². The predicted octanol–water partition coefficient (Wildman–Crippen LogP) is 2.75. The molecule has 0 spiro atoms. The average Bonchev–Trinajstić information content (AvgIpc) is 2.45. The Bertz CT molecular complexity index is 201. The van der Waals surface area contributed by atoms with E-state index < -0.39 is 0 Å². The van der Waals surface area contributed by atoms with Crippen LogP contribution in [0.15, 0.2) is 23.8 Å². The molecule has 0 heterocycles. The summed E-state index contributed by atoms with van der Waals surface area (Å²) in [4.78, 5) is 0. The third kappa shape index (κ3) is 4.28. The van der Waals surface area contributed by atoms with Crippen molar-refractivity contribution in [2.24, 2.45) is 11.8 Å². The van der Waals surface area contributed by atoms with E-state index in [-0.39, 0.29) is 0 Å². The highest BCUT2D eigenvalue weighted by atomic mass is 14.8. The van der Waals surface area contributed by atoms with Gasteiger partial charge >= 0.3 is 0 Å². The maximum absolute atomic E-state index is 3.46. The Kier molecular flexibility index (Phi) is 4.23.